The molecule has 1 atom stereocenters. The van der Waals surface area contributed by atoms with E-state index in [9.17, 15) is 25.9 Å². The summed E-state index contributed by atoms with van der Waals surface area (Å²) in [6, 6.07) is 16.4. The van der Waals surface area contributed by atoms with Crippen LogP contribution in [0.4, 0.5) is 11.4 Å². The summed E-state index contributed by atoms with van der Waals surface area (Å²) in [5.74, 6) is -0.601. The summed E-state index contributed by atoms with van der Waals surface area (Å²) in [6.45, 7) is 11.8. The van der Waals surface area contributed by atoms with E-state index in [2.05, 4.69) is 86.9 Å². The minimum atomic E-state index is -4.07. The first kappa shape index (κ1) is 36.4. The Balaban J connectivity index is 1.47. The predicted molar refractivity (Wildman–Crippen MR) is 196 cm³/mol. The molecule has 0 bridgehead atoms. The van der Waals surface area contributed by atoms with Crippen molar-refractivity contribution in [1.82, 2.24) is 0 Å². The third-order valence-electron chi connectivity index (χ3n) is 10.6. The van der Waals surface area contributed by atoms with Crippen LogP contribution in [-0.4, -0.2) is 56.1 Å². The number of hydrogen-bond donors (Lipinski definition) is 2. The number of anilines is 2. The summed E-state index contributed by atoms with van der Waals surface area (Å²) >= 11 is 7.14. The van der Waals surface area contributed by atoms with Gasteiger partial charge in [-0.05, 0) is 79.5 Å². The van der Waals surface area contributed by atoms with Gasteiger partial charge in [0, 0.05) is 46.0 Å². The van der Waals surface area contributed by atoms with E-state index in [0.29, 0.717) is 25.9 Å². The summed E-state index contributed by atoms with van der Waals surface area (Å²) in [7, 11) is -8.13. The maximum Gasteiger partial charge on any atom is 0.264 e. The molecule has 2 heterocycles. The van der Waals surface area contributed by atoms with Crippen molar-refractivity contribution in [1.29, 1.82) is 0 Å². The lowest BCUT2D eigenvalue weighted by Gasteiger charge is -2.43. The monoisotopic (exact) mass is 714 g/mol. The molecule has 2 aromatic rings. The van der Waals surface area contributed by atoms with Gasteiger partial charge in [-0.15, -0.1) is 0 Å². The van der Waals surface area contributed by atoms with Crippen molar-refractivity contribution in [2.24, 2.45) is 0 Å². The van der Waals surface area contributed by atoms with E-state index in [1.807, 2.05) is 30.3 Å². The van der Waals surface area contributed by atoms with Crippen molar-refractivity contribution in [3.63, 3.8) is 0 Å². The number of nitrogens with zero attached hydrogens (tertiary/aromatic N) is 2. The molecule has 8 nitrogen and oxygen atoms in total. The summed E-state index contributed by atoms with van der Waals surface area (Å²) in [6.07, 6.45) is 11.7. The van der Waals surface area contributed by atoms with Crippen molar-refractivity contribution < 1.29 is 25.9 Å². The van der Waals surface area contributed by atoms with Crippen LogP contribution in [0.1, 0.15) is 77.8 Å². The van der Waals surface area contributed by atoms with E-state index in [1.165, 1.54) is 5.56 Å². The average Bonchev–Trinajstić information content (AvgIpc) is 3.31. The van der Waals surface area contributed by atoms with Crippen LogP contribution in [0.3, 0.4) is 0 Å². The highest BCUT2D eigenvalue weighted by molar-refractivity contribution is 7.86. The van der Waals surface area contributed by atoms with E-state index in [1.54, 1.807) is 0 Å². The van der Waals surface area contributed by atoms with E-state index in [4.69, 9.17) is 11.6 Å². The Bertz CT molecular complexity index is 1910. The van der Waals surface area contributed by atoms with Crippen molar-refractivity contribution in [2.75, 3.05) is 34.4 Å². The fraction of sp³-hybridized carbons (Fsp3) is 0.459. The second-order valence-electron chi connectivity index (χ2n) is 14.3. The molecular formula is C37H47ClN2O6S2. The maximum absolute atomic E-state index is 11.5. The van der Waals surface area contributed by atoms with Crippen LogP contribution in [0, 0.1) is 0 Å². The lowest BCUT2D eigenvalue weighted by molar-refractivity contribution is 0.349. The molecule has 0 saturated carbocycles. The van der Waals surface area contributed by atoms with Gasteiger partial charge in [-0.3, -0.25) is 9.11 Å². The van der Waals surface area contributed by atoms with Crippen LogP contribution >= 0.6 is 11.6 Å². The zero-order valence-corrected chi connectivity index (χ0v) is 30.8. The Hall–Kier alpha value is -2.89. The molecule has 5 rings (SSSR count). The van der Waals surface area contributed by atoms with E-state index in [-0.39, 0.29) is 22.3 Å². The Labute approximate surface area is 291 Å². The van der Waals surface area contributed by atoms with E-state index in [0.717, 1.165) is 58.1 Å². The Morgan fingerprint density at radius 3 is 2.02 bits per heavy atom. The minimum absolute atomic E-state index is 0.290. The highest BCUT2D eigenvalue weighted by Crippen LogP contribution is 2.53. The molecule has 0 amide bonds. The van der Waals surface area contributed by atoms with Gasteiger partial charge in [-0.25, -0.2) is 0 Å². The number of fused-ring (bicyclic) bond motifs is 2. The first-order valence-corrected chi connectivity index (χ1v) is 20.1. The second-order valence-corrected chi connectivity index (χ2v) is 17.8. The van der Waals surface area contributed by atoms with Crippen LogP contribution in [-0.2, 0) is 31.1 Å². The molecular weight excluding hydrogens is 668 g/mol. The van der Waals surface area contributed by atoms with Crippen LogP contribution in [0.15, 0.2) is 94.7 Å². The second kappa shape index (κ2) is 13.4. The van der Waals surface area contributed by atoms with E-state index < -0.39 is 25.8 Å². The van der Waals surface area contributed by atoms with Crippen molar-refractivity contribution in [2.45, 2.75) is 83.1 Å². The topological polar surface area (TPSA) is 115 Å². The van der Waals surface area contributed by atoms with Crippen molar-refractivity contribution in [3.05, 3.63) is 106 Å². The van der Waals surface area contributed by atoms with Crippen molar-refractivity contribution in [3.8, 4) is 0 Å². The van der Waals surface area contributed by atoms with Crippen LogP contribution in [0.25, 0.3) is 0 Å². The van der Waals surface area contributed by atoms with Gasteiger partial charge >= 0.3 is 0 Å². The average molecular weight is 715 g/mol. The molecule has 0 aromatic heterocycles. The Morgan fingerprint density at radius 2 is 1.38 bits per heavy atom. The van der Waals surface area contributed by atoms with Gasteiger partial charge in [0.15, 0.2) is 0 Å². The fourth-order valence-corrected chi connectivity index (χ4v) is 8.89. The van der Waals surface area contributed by atoms with Crippen LogP contribution in [0.2, 0.25) is 0 Å². The maximum atomic E-state index is 11.5. The van der Waals surface area contributed by atoms with Crippen LogP contribution in [0.5, 0.6) is 0 Å². The smallest absolute Gasteiger partial charge is 0.264 e. The van der Waals surface area contributed by atoms with Gasteiger partial charge in [0.1, 0.15) is 0 Å². The van der Waals surface area contributed by atoms with Gasteiger partial charge in [-0.2, -0.15) is 16.8 Å². The van der Waals surface area contributed by atoms with Gasteiger partial charge in [0.25, 0.3) is 20.2 Å². The molecule has 0 fully saturated rings. The molecule has 1 unspecified atom stereocenters. The molecule has 11 heteroatoms. The summed E-state index contributed by atoms with van der Waals surface area (Å²) < 4.78 is 64.7. The Morgan fingerprint density at radius 1 is 0.792 bits per heavy atom. The zero-order chi connectivity index (χ0) is 35.1. The van der Waals surface area contributed by atoms with Gasteiger partial charge in [0.05, 0.1) is 17.0 Å². The summed E-state index contributed by atoms with van der Waals surface area (Å²) in [4.78, 5) is 4.40. The normalized spacial score (nSPS) is 23.8. The molecule has 0 spiro atoms. The largest absolute Gasteiger partial charge is 0.362 e. The number of hydrogen-bond acceptors (Lipinski definition) is 6. The zero-order valence-electron chi connectivity index (χ0n) is 28.4. The SMILES string of the molecule is CC1(C)/C(=C\C=C2/CCCC(/C=C/C3(C)N(CCCS(=O)(=O)O)c4ccccc4C3(C)C)=C2Cl)N(CCCS(=O)(=O)O)c2ccccc21. The lowest BCUT2D eigenvalue weighted by atomic mass is 9.71. The quantitative estimate of drug-likeness (QED) is 0.226. The molecule has 0 saturated heterocycles. The molecule has 48 heavy (non-hydrogen) atoms. The Kier molecular flexibility index (Phi) is 10.2. The molecule has 3 aliphatic rings. The number of para-hydroxylation sites is 2. The molecule has 2 N–H and O–H groups in total. The van der Waals surface area contributed by atoms with Crippen LogP contribution < -0.4 is 9.80 Å². The fourth-order valence-electron chi connectivity index (χ4n) is 7.59. The summed E-state index contributed by atoms with van der Waals surface area (Å²) in [5.41, 5.74) is 6.42. The predicted octanol–water partition coefficient (Wildman–Crippen LogP) is 7.94. The minimum Gasteiger partial charge on any atom is -0.362 e. The molecule has 1 aliphatic carbocycles. The van der Waals surface area contributed by atoms with Gasteiger partial charge in [0.2, 0.25) is 0 Å². The number of halogens is 1. The molecule has 2 aliphatic heterocycles. The lowest BCUT2D eigenvalue weighted by Crippen LogP contribution is -2.52. The highest BCUT2D eigenvalue weighted by atomic mass is 35.5. The number of allylic oxidation sites excluding steroid dienone is 7. The van der Waals surface area contributed by atoms with Gasteiger partial charge in [-0.1, -0.05) is 93.9 Å². The first-order chi connectivity index (χ1) is 22.4. The third kappa shape index (κ3) is 7.19. The molecule has 260 valence electrons. The number of rotatable bonds is 11. The third-order valence-corrected chi connectivity index (χ3v) is 12.7. The van der Waals surface area contributed by atoms with Crippen molar-refractivity contribution >= 4 is 43.2 Å². The van der Waals surface area contributed by atoms with Gasteiger partial charge < -0.3 is 9.80 Å². The highest BCUT2D eigenvalue weighted by Gasteiger charge is 2.52. The number of benzene rings is 2. The molecule has 0 radical (unpaired) electrons. The first-order valence-electron chi connectivity index (χ1n) is 16.5. The molecule has 2 aromatic carbocycles. The van der Waals surface area contributed by atoms with E-state index >= 15 is 0 Å². The standard InChI is InChI=1S/C37H47ClN2O6S2/c1-35(2)29-15-6-8-17-31(29)39(23-11-25-47(41,42)43)33(35)20-19-27-13-10-14-28(34(27)38)21-22-37(5)36(3,4)30-16-7-9-18-32(30)40(37)24-12-26-48(44,45)46/h6-9,15-22H,10-14,23-26H2,1-5H3,(H,41,42,43)(H,44,45,46)/b22-21+,27-19+,33-20+. The summed E-state index contributed by atoms with van der Waals surface area (Å²) in [5, 5.41) is 0.718.